The Kier molecular flexibility index (Phi) is 3.69. The minimum absolute atomic E-state index is 0.262. The van der Waals surface area contributed by atoms with E-state index in [9.17, 15) is 4.79 Å². The van der Waals surface area contributed by atoms with Gasteiger partial charge in [0.1, 0.15) is 11.4 Å². The fraction of sp³-hybridized carbons (Fsp3) is 0.250. The van der Waals surface area contributed by atoms with Gasteiger partial charge in [-0.25, -0.2) is 4.68 Å². The average molecular weight is 247 g/mol. The number of ether oxygens (including phenoxy) is 2. The maximum absolute atomic E-state index is 10.9. The van der Waals surface area contributed by atoms with Gasteiger partial charge in [0, 0.05) is 13.2 Å². The molecule has 0 radical (unpaired) electrons. The van der Waals surface area contributed by atoms with Crippen LogP contribution in [0, 0.1) is 0 Å². The molecule has 0 aliphatic rings. The molecule has 94 valence electrons. The maximum Gasteiger partial charge on any atom is 0.172 e. The van der Waals surface area contributed by atoms with Crippen molar-refractivity contribution in [3.8, 4) is 11.4 Å². The second kappa shape index (κ2) is 5.42. The van der Waals surface area contributed by atoms with Gasteiger partial charge in [-0.1, -0.05) is 11.3 Å². The van der Waals surface area contributed by atoms with E-state index < -0.39 is 0 Å². The van der Waals surface area contributed by atoms with Crippen molar-refractivity contribution in [3.05, 3.63) is 35.7 Å². The molecule has 2 rings (SSSR count). The second-order valence-electron chi connectivity index (χ2n) is 3.59. The molecule has 6 heteroatoms. The summed E-state index contributed by atoms with van der Waals surface area (Å²) in [5, 5.41) is 7.76. The summed E-state index contributed by atoms with van der Waals surface area (Å²) in [7, 11) is 3.14. The van der Waals surface area contributed by atoms with Gasteiger partial charge in [-0.05, 0) is 12.1 Å². The van der Waals surface area contributed by atoms with Crippen LogP contribution in [-0.2, 0) is 11.3 Å². The van der Waals surface area contributed by atoms with Crippen LogP contribution in [0.1, 0.15) is 16.2 Å². The van der Waals surface area contributed by atoms with Crippen LogP contribution in [0.4, 0.5) is 0 Å². The molecule has 0 bridgehead atoms. The normalized spacial score (nSPS) is 10.3. The first kappa shape index (κ1) is 12.3. The van der Waals surface area contributed by atoms with E-state index in [-0.39, 0.29) is 12.3 Å². The van der Waals surface area contributed by atoms with Gasteiger partial charge >= 0.3 is 0 Å². The number of carbonyl (C=O) groups is 1. The number of carbonyl (C=O) groups excluding carboxylic acids is 1. The molecule has 18 heavy (non-hydrogen) atoms. The molecule has 0 saturated carbocycles. The van der Waals surface area contributed by atoms with Gasteiger partial charge in [-0.2, -0.15) is 0 Å². The zero-order valence-electron chi connectivity index (χ0n) is 10.2. The van der Waals surface area contributed by atoms with Crippen molar-refractivity contribution in [3.63, 3.8) is 0 Å². The first-order valence-corrected chi connectivity index (χ1v) is 5.33. The van der Waals surface area contributed by atoms with E-state index >= 15 is 0 Å². The molecule has 0 spiro atoms. The molecule has 0 atom stereocenters. The topological polar surface area (TPSA) is 66.2 Å². The van der Waals surface area contributed by atoms with Crippen molar-refractivity contribution in [1.82, 2.24) is 15.0 Å². The molecule has 2 aromatic rings. The molecule has 1 aromatic heterocycles. The fourth-order valence-electron chi connectivity index (χ4n) is 1.63. The SMILES string of the molecule is COCc1c(C=O)nnn1-c1cccc(OC)c1. The van der Waals surface area contributed by atoms with Crippen LogP contribution >= 0.6 is 0 Å². The first-order chi connectivity index (χ1) is 8.80. The molecule has 0 saturated heterocycles. The number of rotatable bonds is 5. The summed E-state index contributed by atoms with van der Waals surface area (Å²) in [6.07, 6.45) is 0.665. The average Bonchev–Trinajstić information content (AvgIpc) is 2.82. The zero-order chi connectivity index (χ0) is 13.0. The Morgan fingerprint density at radius 1 is 1.39 bits per heavy atom. The van der Waals surface area contributed by atoms with Crippen molar-refractivity contribution < 1.29 is 14.3 Å². The molecule has 0 N–H and O–H groups in total. The standard InChI is InChI=1S/C12H13N3O3/c1-17-8-12-11(7-16)13-14-15(12)9-4-3-5-10(6-9)18-2/h3-7H,8H2,1-2H3. The number of benzene rings is 1. The summed E-state index contributed by atoms with van der Waals surface area (Å²) in [6.45, 7) is 0.262. The van der Waals surface area contributed by atoms with Gasteiger partial charge in [-0.3, -0.25) is 4.79 Å². The van der Waals surface area contributed by atoms with E-state index in [1.54, 1.807) is 18.9 Å². The van der Waals surface area contributed by atoms with Gasteiger partial charge in [0.05, 0.1) is 19.4 Å². The fourth-order valence-corrected chi connectivity index (χ4v) is 1.63. The Morgan fingerprint density at radius 3 is 2.89 bits per heavy atom. The van der Waals surface area contributed by atoms with Crippen LogP contribution in [0.3, 0.4) is 0 Å². The maximum atomic E-state index is 10.9. The summed E-state index contributed by atoms with van der Waals surface area (Å²) in [5.41, 5.74) is 1.66. The number of hydrogen-bond acceptors (Lipinski definition) is 5. The largest absolute Gasteiger partial charge is 0.497 e. The predicted octanol–water partition coefficient (Wildman–Crippen LogP) is 1.23. The second-order valence-corrected chi connectivity index (χ2v) is 3.59. The Balaban J connectivity index is 2.48. The number of aldehydes is 1. The molecule has 0 aliphatic heterocycles. The van der Waals surface area contributed by atoms with E-state index in [2.05, 4.69) is 10.3 Å². The van der Waals surface area contributed by atoms with Gasteiger partial charge < -0.3 is 9.47 Å². The minimum Gasteiger partial charge on any atom is -0.497 e. The van der Waals surface area contributed by atoms with E-state index in [1.807, 2.05) is 24.3 Å². The summed E-state index contributed by atoms with van der Waals surface area (Å²) in [4.78, 5) is 10.9. The van der Waals surface area contributed by atoms with Gasteiger partial charge in [0.15, 0.2) is 12.0 Å². The van der Waals surface area contributed by atoms with Crippen LogP contribution in [0.25, 0.3) is 5.69 Å². The number of aromatic nitrogens is 3. The van der Waals surface area contributed by atoms with E-state index in [0.717, 1.165) is 5.69 Å². The lowest BCUT2D eigenvalue weighted by Gasteiger charge is -2.07. The van der Waals surface area contributed by atoms with Crippen LogP contribution in [0.2, 0.25) is 0 Å². The monoisotopic (exact) mass is 247 g/mol. The third-order valence-corrected chi connectivity index (χ3v) is 2.48. The smallest absolute Gasteiger partial charge is 0.172 e. The lowest BCUT2D eigenvalue weighted by atomic mass is 10.3. The van der Waals surface area contributed by atoms with E-state index in [1.165, 1.54) is 0 Å². The Morgan fingerprint density at radius 2 is 2.22 bits per heavy atom. The Hall–Kier alpha value is -2.21. The quantitative estimate of drug-likeness (QED) is 0.743. The highest BCUT2D eigenvalue weighted by Crippen LogP contribution is 2.18. The third-order valence-electron chi connectivity index (χ3n) is 2.48. The molecule has 0 fully saturated rings. The summed E-state index contributed by atoms with van der Waals surface area (Å²) < 4.78 is 11.8. The molecule has 6 nitrogen and oxygen atoms in total. The lowest BCUT2D eigenvalue weighted by molar-refractivity contribution is 0.111. The van der Waals surface area contributed by atoms with Crippen LogP contribution in [-0.4, -0.2) is 35.5 Å². The van der Waals surface area contributed by atoms with Crippen molar-refractivity contribution >= 4 is 6.29 Å². The van der Waals surface area contributed by atoms with Gasteiger partial charge in [-0.15, -0.1) is 5.10 Å². The van der Waals surface area contributed by atoms with Gasteiger partial charge in [0.25, 0.3) is 0 Å². The van der Waals surface area contributed by atoms with Crippen LogP contribution < -0.4 is 4.74 Å². The Bertz CT molecular complexity index is 551. The zero-order valence-corrected chi connectivity index (χ0v) is 10.2. The highest BCUT2D eigenvalue weighted by molar-refractivity contribution is 5.73. The first-order valence-electron chi connectivity index (χ1n) is 5.33. The van der Waals surface area contributed by atoms with E-state index in [4.69, 9.17) is 9.47 Å². The lowest BCUT2D eigenvalue weighted by Crippen LogP contribution is -2.05. The third kappa shape index (κ3) is 2.23. The number of hydrogen-bond donors (Lipinski definition) is 0. The Labute approximate surface area is 104 Å². The van der Waals surface area contributed by atoms with Crippen LogP contribution in [0.5, 0.6) is 5.75 Å². The summed E-state index contributed by atoms with van der Waals surface area (Å²) >= 11 is 0. The molecular formula is C12H13N3O3. The highest BCUT2D eigenvalue weighted by atomic mass is 16.5. The molecule has 0 amide bonds. The minimum atomic E-state index is 0.262. The van der Waals surface area contributed by atoms with Crippen molar-refractivity contribution in [2.24, 2.45) is 0 Å². The van der Waals surface area contributed by atoms with Crippen molar-refractivity contribution in [2.45, 2.75) is 6.61 Å². The van der Waals surface area contributed by atoms with Crippen molar-refractivity contribution in [1.29, 1.82) is 0 Å². The molecule has 1 aromatic carbocycles. The van der Waals surface area contributed by atoms with E-state index in [0.29, 0.717) is 17.7 Å². The number of nitrogens with zero attached hydrogens (tertiary/aromatic N) is 3. The molecular weight excluding hydrogens is 234 g/mol. The highest BCUT2D eigenvalue weighted by Gasteiger charge is 2.13. The van der Waals surface area contributed by atoms with Crippen LogP contribution in [0.15, 0.2) is 24.3 Å². The molecule has 0 aliphatic carbocycles. The van der Waals surface area contributed by atoms with Gasteiger partial charge in [0.2, 0.25) is 0 Å². The predicted molar refractivity (Wildman–Crippen MR) is 64.0 cm³/mol. The summed E-state index contributed by atoms with van der Waals surface area (Å²) in [6, 6.07) is 7.33. The molecule has 0 unspecified atom stereocenters. The molecule has 1 heterocycles. The van der Waals surface area contributed by atoms with Crippen molar-refractivity contribution in [2.75, 3.05) is 14.2 Å². The summed E-state index contributed by atoms with van der Waals surface area (Å²) in [5.74, 6) is 0.707. The number of methoxy groups -OCH3 is 2.